The Morgan fingerprint density at radius 2 is 2.03 bits per heavy atom. The van der Waals surface area contributed by atoms with E-state index in [-0.39, 0.29) is 5.91 Å². The number of rotatable bonds is 6. The van der Waals surface area contributed by atoms with Gasteiger partial charge in [-0.3, -0.25) is 4.79 Å². The zero-order chi connectivity index (χ0) is 22.0. The lowest BCUT2D eigenvalue weighted by molar-refractivity contribution is -0.113. The molecule has 8 heteroatoms. The van der Waals surface area contributed by atoms with Gasteiger partial charge in [-0.15, -0.1) is 5.10 Å². The molecule has 0 aliphatic carbocycles. The minimum atomic E-state index is -0.441. The van der Waals surface area contributed by atoms with Gasteiger partial charge >= 0.3 is 0 Å². The fourth-order valence-corrected chi connectivity index (χ4v) is 4.47. The van der Waals surface area contributed by atoms with Gasteiger partial charge in [0.25, 0.3) is 5.91 Å². The molecule has 0 bridgehead atoms. The van der Waals surface area contributed by atoms with Crippen LogP contribution in [0.5, 0.6) is 0 Å². The smallest absolute Gasteiger partial charge is 0.255 e. The zero-order valence-corrected chi connectivity index (χ0v) is 19.2. The number of carbonyl (C=O) groups is 1. The van der Waals surface area contributed by atoms with E-state index in [0.717, 1.165) is 34.7 Å². The van der Waals surface area contributed by atoms with Gasteiger partial charge in [0.15, 0.2) is 0 Å². The van der Waals surface area contributed by atoms with Crippen LogP contribution in [0.15, 0.2) is 65.0 Å². The number of aryl methyl sites for hydroxylation is 1. The van der Waals surface area contributed by atoms with E-state index in [1.807, 2.05) is 62.4 Å². The van der Waals surface area contributed by atoms with E-state index >= 15 is 0 Å². The van der Waals surface area contributed by atoms with Gasteiger partial charge < -0.3 is 10.6 Å². The van der Waals surface area contributed by atoms with Crippen molar-refractivity contribution in [3.05, 3.63) is 76.0 Å². The van der Waals surface area contributed by atoms with Gasteiger partial charge in [0.2, 0.25) is 11.1 Å². The van der Waals surface area contributed by atoms with E-state index in [4.69, 9.17) is 16.7 Å². The SMILES string of the molecule is CCCSc1nc2n(n1)C(c1cccc(Cl)c1)C(C(=O)Nc1cccc(C)c1)=C(C)N2. The Kier molecular flexibility index (Phi) is 6.34. The number of amides is 1. The summed E-state index contributed by atoms with van der Waals surface area (Å²) in [5.41, 5.74) is 4.02. The van der Waals surface area contributed by atoms with Crippen LogP contribution in [-0.2, 0) is 4.79 Å². The van der Waals surface area contributed by atoms with E-state index in [0.29, 0.717) is 21.7 Å². The van der Waals surface area contributed by atoms with Crippen molar-refractivity contribution in [1.82, 2.24) is 14.8 Å². The quantitative estimate of drug-likeness (QED) is 0.470. The van der Waals surface area contributed by atoms with Crippen molar-refractivity contribution in [3.63, 3.8) is 0 Å². The second-order valence-corrected chi connectivity index (χ2v) is 8.95. The summed E-state index contributed by atoms with van der Waals surface area (Å²) < 4.78 is 1.78. The summed E-state index contributed by atoms with van der Waals surface area (Å²) in [6.45, 7) is 6.00. The minimum absolute atomic E-state index is 0.190. The van der Waals surface area contributed by atoms with Crippen LogP contribution in [0.4, 0.5) is 11.6 Å². The van der Waals surface area contributed by atoms with Crippen molar-refractivity contribution >= 4 is 40.9 Å². The first-order chi connectivity index (χ1) is 15.0. The predicted molar refractivity (Wildman–Crippen MR) is 127 cm³/mol. The Labute approximate surface area is 191 Å². The molecule has 2 heterocycles. The van der Waals surface area contributed by atoms with Gasteiger partial charge in [-0.25, -0.2) is 4.68 Å². The fraction of sp³-hybridized carbons (Fsp3) is 0.261. The largest absolute Gasteiger partial charge is 0.328 e. The average Bonchev–Trinajstić information content (AvgIpc) is 3.13. The summed E-state index contributed by atoms with van der Waals surface area (Å²) in [7, 11) is 0. The number of benzene rings is 2. The number of halogens is 1. The molecule has 1 aromatic heterocycles. The third-order valence-electron chi connectivity index (χ3n) is 4.95. The second kappa shape index (κ2) is 9.16. The highest BCUT2D eigenvalue weighted by Gasteiger charge is 2.34. The molecule has 0 saturated carbocycles. The molecule has 1 atom stereocenters. The number of hydrogen-bond donors (Lipinski definition) is 2. The van der Waals surface area contributed by atoms with E-state index in [1.54, 1.807) is 16.4 Å². The van der Waals surface area contributed by atoms with Crippen molar-refractivity contribution < 1.29 is 4.79 Å². The van der Waals surface area contributed by atoms with Gasteiger partial charge in [0, 0.05) is 22.2 Å². The minimum Gasteiger partial charge on any atom is -0.328 e. The third kappa shape index (κ3) is 4.62. The number of nitrogens with one attached hydrogen (secondary N) is 2. The van der Waals surface area contributed by atoms with E-state index in [9.17, 15) is 4.79 Å². The summed E-state index contributed by atoms with van der Waals surface area (Å²) in [5, 5.41) is 12.3. The first kappa shape index (κ1) is 21.5. The summed E-state index contributed by atoms with van der Waals surface area (Å²) in [5.74, 6) is 1.36. The highest BCUT2D eigenvalue weighted by molar-refractivity contribution is 7.99. The molecule has 1 amide bonds. The molecule has 1 unspecified atom stereocenters. The van der Waals surface area contributed by atoms with Gasteiger partial charge in [-0.1, -0.05) is 54.6 Å². The normalized spacial score (nSPS) is 15.4. The molecule has 6 nitrogen and oxygen atoms in total. The van der Waals surface area contributed by atoms with Crippen molar-refractivity contribution in [2.75, 3.05) is 16.4 Å². The van der Waals surface area contributed by atoms with Crippen molar-refractivity contribution in [2.45, 2.75) is 38.4 Å². The molecular formula is C23H24ClN5OS. The monoisotopic (exact) mass is 453 g/mol. The maximum absolute atomic E-state index is 13.4. The molecule has 3 aromatic rings. The summed E-state index contributed by atoms with van der Waals surface area (Å²) in [6.07, 6.45) is 1.03. The lowest BCUT2D eigenvalue weighted by atomic mass is 9.95. The van der Waals surface area contributed by atoms with E-state index in [2.05, 4.69) is 22.5 Å². The predicted octanol–water partition coefficient (Wildman–Crippen LogP) is 5.67. The molecule has 31 heavy (non-hydrogen) atoms. The zero-order valence-electron chi connectivity index (χ0n) is 17.6. The maximum Gasteiger partial charge on any atom is 0.255 e. The summed E-state index contributed by atoms with van der Waals surface area (Å²) in [4.78, 5) is 18.1. The first-order valence-corrected chi connectivity index (χ1v) is 11.5. The van der Waals surface area contributed by atoms with Crippen LogP contribution in [0.25, 0.3) is 0 Å². The van der Waals surface area contributed by atoms with E-state index < -0.39 is 6.04 Å². The van der Waals surface area contributed by atoms with Crippen LogP contribution in [0.2, 0.25) is 5.02 Å². The van der Waals surface area contributed by atoms with Crippen molar-refractivity contribution in [1.29, 1.82) is 0 Å². The molecule has 1 aliphatic rings. The molecule has 0 saturated heterocycles. The summed E-state index contributed by atoms with van der Waals surface area (Å²) in [6, 6.07) is 14.8. The number of hydrogen-bond acceptors (Lipinski definition) is 5. The Morgan fingerprint density at radius 3 is 2.77 bits per heavy atom. The molecule has 0 fully saturated rings. The van der Waals surface area contributed by atoms with Crippen LogP contribution >= 0.6 is 23.4 Å². The highest BCUT2D eigenvalue weighted by Crippen LogP contribution is 2.37. The number of anilines is 2. The van der Waals surface area contributed by atoms with Gasteiger partial charge in [-0.2, -0.15) is 4.98 Å². The fourth-order valence-electron chi connectivity index (χ4n) is 3.59. The number of allylic oxidation sites excluding steroid dienone is 1. The van der Waals surface area contributed by atoms with Crippen molar-refractivity contribution in [2.24, 2.45) is 0 Å². The third-order valence-corrected chi connectivity index (χ3v) is 6.23. The van der Waals surface area contributed by atoms with Gasteiger partial charge in [0.1, 0.15) is 6.04 Å². The number of fused-ring (bicyclic) bond motifs is 1. The second-order valence-electron chi connectivity index (χ2n) is 7.46. The molecular weight excluding hydrogens is 430 g/mol. The van der Waals surface area contributed by atoms with Crippen LogP contribution in [0.3, 0.4) is 0 Å². The molecule has 2 N–H and O–H groups in total. The first-order valence-electron chi connectivity index (χ1n) is 10.2. The molecule has 0 spiro atoms. The number of thioether (sulfide) groups is 1. The lowest BCUT2D eigenvalue weighted by Crippen LogP contribution is -2.31. The van der Waals surface area contributed by atoms with Crippen molar-refractivity contribution in [3.8, 4) is 0 Å². The lowest BCUT2D eigenvalue weighted by Gasteiger charge is -2.28. The number of nitrogens with zero attached hydrogens (tertiary/aromatic N) is 3. The summed E-state index contributed by atoms with van der Waals surface area (Å²) >= 11 is 7.90. The molecule has 160 valence electrons. The highest BCUT2D eigenvalue weighted by atomic mass is 35.5. The maximum atomic E-state index is 13.4. The average molecular weight is 454 g/mol. The number of aromatic nitrogens is 3. The Balaban J connectivity index is 1.76. The Hall–Kier alpha value is -2.77. The molecule has 2 aromatic carbocycles. The molecule has 0 radical (unpaired) electrons. The van der Waals surface area contributed by atoms with E-state index in [1.165, 1.54) is 0 Å². The Bertz CT molecular complexity index is 1160. The molecule has 1 aliphatic heterocycles. The van der Waals surface area contributed by atoms with Gasteiger partial charge in [0.05, 0.1) is 5.57 Å². The van der Waals surface area contributed by atoms with Gasteiger partial charge in [-0.05, 0) is 55.7 Å². The standard InChI is InChI=1S/C23H24ClN5OS/c1-4-11-31-23-27-22-25-15(3)19(21(30)26-18-10-5-7-14(2)12-18)20(29(22)28-23)16-8-6-9-17(24)13-16/h5-10,12-13,20H,4,11H2,1-3H3,(H,26,30)(H,25,27,28). The molecule has 4 rings (SSSR count). The Morgan fingerprint density at radius 1 is 1.23 bits per heavy atom. The topological polar surface area (TPSA) is 71.8 Å². The number of carbonyl (C=O) groups excluding carboxylic acids is 1. The van der Waals surface area contributed by atoms with Crippen LogP contribution in [-0.4, -0.2) is 26.4 Å². The van der Waals surface area contributed by atoms with Crippen LogP contribution in [0.1, 0.15) is 37.4 Å². The van der Waals surface area contributed by atoms with Crippen LogP contribution < -0.4 is 10.6 Å². The van der Waals surface area contributed by atoms with Crippen LogP contribution in [0, 0.1) is 6.92 Å².